The lowest BCUT2D eigenvalue weighted by Crippen LogP contribution is -2.33. The van der Waals surface area contributed by atoms with Gasteiger partial charge in [-0.1, -0.05) is 54.6 Å². The molecule has 1 aromatic heterocycles. The Balaban J connectivity index is 1.26. The van der Waals surface area contributed by atoms with E-state index in [9.17, 15) is 24.5 Å². The second-order valence-electron chi connectivity index (χ2n) is 9.41. The Bertz CT molecular complexity index is 1870. The van der Waals surface area contributed by atoms with E-state index in [2.05, 4.69) is 34.9 Å². The van der Waals surface area contributed by atoms with E-state index < -0.39 is 28.4 Å². The van der Waals surface area contributed by atoms with E-state index in [-0.39, 0.29) is 16.2 Å². The van der Waals surface area contributed by atoms with Crippen LogP contribution >= 0.6 is 11.8 Å². The molecule has 196 valence electrons. The monoisotopic (exact) mass is 547 g/mol. The van der Waals surface area contributed by atoms with Crippen LogP contribution in [-0.4, -0.2) is 37.9 Å². The number of amides is 2. The number of aromatic nitrogens is 1. The second kappa shape index (κ2) is 10.3. The molecule has 0 unspecified atom stereocenters. The number of hydrogen-bond donors (Lipinski definition) is 0. The first-order valence-corrected chi connectivity index (χ1v) is 13.3. The summed E-state index contributed by atoms with van der Waals surface area (Å²) >= 11 is 0.791. The van der Waals surface area contributed by atoms with Crippen LogP contribution in [0.3, 0.4) is 0 Å². The Labute approximate surface area is 232 Å². The van der Waals surface area contributed by atoms with Gasteiger partial charge in [0.2, 0.25) is 0 Å². The van der Waals surface area contributed by atoms with E-state index in [0.29, 0.717) is 6.54 Å². The molecule has 0 atom stereocenters. The Morgan fingerprint density at radius 2 is 1.62 bits per heavy atom. The molecule has 4 aromatic carbocycles. The summed E-state index contributed by atoms with van der Waals surface area (Å²) in [6.45, 7) is 0.188. The third kappa shape index (κ3) is 4.78. The average molecular weight is 548 g/mol. The van der Waals surface area contributed by atoms with E-state index in [0.717, 1.165) is 44.1 Å². The molecule has 0 saturated carbocycles. The van der Waals surface area contributed by atoms with Crippen molar-refractivity contribution >= 4 is 62.1 Å². The molecule has 1 aliphatic rings. The van der Waals surface area contributed by atoms with Crippen LogP contribution < -0.4 is 0 Å². The van der Waals surface area contributed by atoms with Crippen molar-refractivity contribution in [3.63, 3.8) is 0 Å². The summed E-state index contributed by atoms with van der Waals surface area (Å²) in [5.41, 5.74) is 2.96. The predicted molar refractivity (Wildman–Crippen MR) is 155 cm³/mol. The number of carbonyl (C=O) groups excluding carboxylic acids is 3. The first kappa shape index (κ1) is 25.3. The topological polar surface area (TPSA) is 103 Å². The molecule has 9 heteroatoms. The third-order valence-corrected chi connectivity index (χ3v) is 7.76. The lowest BCUT2D eigenvalue weighted by molar-refractivity contribution is -0.384. The maximum absolute atomic E-state index is 13.2. The van der Waals surface area contributed by atoms with Crippen LogP contribution in [0.2, 0.25) is 0 Å². The highest BCUT2D eigenvalue weighted by atomic mass is 32.2. The van der Waals surface area contributed by atoms with Crippen LogP contribution in [0.1, 0.15) is 21.5 Å². The number of rotatable bonds is 7. The number of ketones is 1. The molecule has 2 heterocycles. The van der Waals surface area contributed by atoms with Crippen LogP contribution in [0.5, 0.6) is 0 Å². The number of nitro groups is 1. The van der Waals surface area contributed by atoms with Crippen LogP contribution in [0.4, 0.5) is 10.5 Å². The lowest BCUT2D eigenvalue weighted by atomic mass is 10.1. The number of para-hydroxylation sites is 1. The summed E-state index contributed by atoms with van der Waals surface area (Å²) in [7, 11) is 0. The fourth-order valence-electron chi connectivity index (χ4n) is 4.84. The largest absolute Gasteiger partial charge is 0.342 e. The predicted octanol–water partition coefficient (Wildman–Crippen LogP) is 6.67. The van der Waals surface area contributed by atoms with Gasteiger partial charge >= 0.3 is 0 Å². The molecule has 0 spiro atoms. The van der Waals surface area contributed by atoms with Crippen molar-refractivity contribution in [2.75, 3.05) is 6.54 Å². The van der Waals surface area contributed by atoms with E-state index >= 15 is 0 Å². The normalized spacial score (nSPS) is 14.5. The molecule has 1 saturated heterocycles. The summed E-state index contributed by atoms with van der Waals surface area (Å²) in [5.74, 6) is -1.03. The zero-order valence-corrected chi connectivity index (χ0v) is 21.8. The second-order valence-corrected chi connectivity index (χ2v) is 10.4. The quantitative estimate of drug-likeness (QED) is 0.0976. The molecule has 1 fully saturated rings. The van der Waals surface area contributed by atoms with E-state index in [1.54, 1.807) is 6.08 Å². The minimum absolute atomic E-state index is 0.148. The van der Waals surface area contributed by atoms with Gasteiger partial charge in [0.1, 0.15) is 0 Å². The molecule has 2 amide bonds. The van der Waals surface area contributed by atoms with Gasteiger partial charge in [-0.25, -0.2) is 0 Å². The van der Waals surface area contributed by atoms with Gasteiger partial charge in [0.15, 0.2) is 5.78 Å². The van der Waals surface area contributed by atoms with Crippen molar-refractivity contribution in [2.45, 2.75) is 6.54 Å². The molecular formula is C31H21N3O5S. The van der Waals surface area contributed by atoms with Gasteiger partial charge in [-0.05, 0) is 58.4 Å². The zero-order valence-electron chi connectivity index (χ0n) is 21.0. The van der Waals surface area contributed by atoms with Crippen LogP contribution in [0.25, 0.3) is 27.8 Å². The molecule has 0 N–H and O–H groups in total. The Morgan fingerprint density at radius 1 is 0.900 bits per heavy atom. The minimum atomic E-state index is -0.561. The fraction of sp³-hybridized carbons (Fsp3) is 0.0645. The molecule has 1 aliphatic heterocycles. The third-order valence-electron chi connectivity index (χ3n) is 6.85. The molecule has 0 radical (unpaired) electrons. The van der Waals surface area contributed by atoms with Crippen molar-refractivity contribution in [2.24, 2.45) is 0 Å². The van der Waals surface area contributed by atoms with Crippen LogP contribution in [0, 0.1) is 10.1 Å². The molecule has 0 aliphatic carbocycles. The van der Waals surface area contributed by atoms with Crippen molar-refractivity contribution in [3.8, 4) is 0 Å². The molecule has 0 bridgehead atoms. The Hall–Kier alpha value is -5.02. The first-order valence-electron chi connectivity index (χ1n) is 12.5. The van der Waals surface area contributed by atoms with Gasteiger partial charge < -0.3 is 4.57 Å². The maximum Gasteiger partial charge on any atom is 0.293 e. The summed E-state index contributed by atoms with van der Waals surface area (Å²) < 4.78 is 2.12. The summed E-state index contributed by atoms with van der Waals surface area (Å²) in [6.07, 6.45) is 3.66. The number of carbonyl (C=O) groups is 3. The fourth-order valence-corrected chi connectivity index (χ4v) is 5.67. The standard InChI is InChI=1S/C31H21N3O5S/c35-28(22-11-13-25(14-12-22)34(38)39)19-33-30(36)29(40-31(33)37)16-24-18-32(27-8-4-3-7-26(24)27)17-20-9-10-21-5-1-2-6-23(21)15-20/h1-16,18H,17,19H2/b29-16-. The van der Waals surface area contributed by atoms with Gasteiger partial charge in [-0.15, -0.1) is 0 Å². The number of imide groups is 1. The Kier molecular flexibility index (Phi) is 6.49. The van der Waals surface area contributed by atoms with E-state index in [4.69, 9.17) is 0 Å². The number of hydrogen-bond acceptors (Lipinski definition) is 6. The van der Waals surface area contributed by atoms with Crippen molar-refractivity contribution < 1.29 is 19.3 Å². The van der Waals surface area contributed by atoms with Gasteiger partial charge in [-0.3, -0.25) is 29.4 Å². The van der Waals surface area contributed by atoms with Crippen LogP contribution in [-0.2, 0) is 11.3 Å². The van der Waals surface area contributed by atoms with Gasteiger partial charge in [0.05, 0.1) is 16.4 Å². The maximum atomic E-state index is 13.2. The van der Waals surface area contributed by atoms with Crippen molar-refractivity contribution in [1.82, 2.24) is 9.47 Å². The summed E-state index contributed by atoms with van der Waals surface area (Å²) in [6, 6.07) is 27.5. The van der Waals surface area contributed by atoms with E-state index in [1.165, 1.54) is 29.7 Å². The van der Waals surface area contributed by atoms with Crippen molar-refractivity contribution in [1.29, 1.82) is 0 Å². The highest BCUT2D eigenvalue weighted by molar-refractivity contribution is 8.18. The molecule has 40 heavy (non-hydrogen) atoms. The SMILES string of the molecule is O=C(CN1C(=O)S/C(=C\c2cn(Cc3ccc4ccccc4c3)c3ccccc23)C1=O)c1ccc([N+](=O)[O-])cc1. The Morgan fingerprint density at radius 3 is 2.40 bits per heavy atom. The smallest absolute Gasteiger partial charge is 0.293 e. The highest BCUT2D eigenvalue weighted by Crippen LogP contribution is 2.34. The number of nitrogens with zero attached hydrogens (tertiary/aromatic N) is 3. The first-order chi connectivity index (χ1) is 19.4. The lowest BCUT2D eigenvalue weighted by Gasteiger charge is -2.11. The number of fused-ring (bicyclic) bond motifs is 2. The summed E-state index contributed by atoms with van der Waals surface area (Å²) in [5, 5.41) is 13.6. The molecular weight excluding hydrogens is 526 g/mol. The molecule has 6 rings (SSSR count). The van der Waals surface area contributed by atoms with Crippen molar-refractivity contribution in [3.05, 3.63) is 129 Å². The van der Waals surface area contributed by atoms with Gasteiger partial charge in [-0.2, -0.15) is 0 Å². The minimum Gasteiger partial charge on any atom is -0.342 e. The molecule has 5 aromatic rings. The molecule has 8 nitrogen and oxygen atoms in total. The van der Waals surface area contributed by atoms with Gasteiger partial charge in [0, 0.05) is 46.9 Å². The van der Waals surface area contributed by atoms with E-state index in [1.807, 2.05) is 42.6 Å². The van der Waals surface area contributed by atoms with Gasteiger partial charge in [0.25, 0.3) is 16.8 Å². The number of benzene rings is 4. The number of Topliss-reactive ketones (excluding diaryl/α,β-unsaturated/α-hetero) is 1. The number of nitro benzene ring substituents is 1. The zero-order chi connectivity index (χ0) is 27.8. The number of non-ortho nitro benzene ring substituents is 1. The van der Waals surface area contributed by atoms with Crippen LogP contribution in [0.15, 0.2) is 102 Å². The highest BCUT2D eigenvalue weighted by Gasteiger charge is 2.36. The summed E-state index contributed by atoms with van der Waals surface area (Å²) in [4.78, 5) is 50.0. The average Bonchev–Trinajstić information content (AvgIpc) is 3.44. The number of thioether (sulfide) groups is 1.